The first-order valence-electron chi connectivity index (χ1n) is 10.4. The number of nitrogens with zero attached hydrogens (tertiary/aromatic N) is 2. The second kappa shape index (κ2) is 9.29. The van der Waals surface area contributed by atoms with Crippen LogP contribution in [0.5, 0.6) is 0 Å². The Morgan fingerprint density at radius 3 is 2.30 bits per heavy atom. The standard InChI is InChI=1S/C23H31N3O3S/c1-18-9-10-20(3)22(15-18)30(28,29)26-13-11-25(12-14-26)23(27)17-24(4)16-21-8-6-5-7-19(21)2/h5-10,15H,11-14,16-17H2,1-4H3/p+1. The van der Waals surface area contributed by atoms with Crippen molar-refractivity contribution in [3.8, 4) is 0 Å². The van der Waals surface area contributed by atoms with E-state index in [0.717, 1.165) is 22.6 Å². The van der Waals surface area contributed by atoms with Gasteiger partial charge in [-0.3, -0.25) is 4.79 Å². The van der Waals surface area contributed by atoms with E-state index >= 15 is 0 Å². The lowest BCUT2D eigenvalue weighted by Crippen LogP contribution is -3.09. The molecule has 1 fully saturated rings. The van der Waals surface area contributed by atoms with E-state index in [9.17, 15) is 13.2 Å². The Morgan fingerprint density at radius 2 is 1.63 bits per heavy atom. The van der Waals surface area contributed by atoms with Crippen LogP contribution in [0.2, 0.25) is 0 Å². The normalized spacial score (nSPS) is 16.5. The van der Waals surface area contributed by atoms with Crippen LogP contribution in [0, 0.1) is 20.8 Å². The molecule has 1 aliphatic rings. The van der Waals surface area contributed by atoms with Crippen molar-refractivity contribution in [2.75, 3.05) is 39.8 Å². The maximum absolute atomic E-state index is 13.1. The number of carbonyl (C=O) groups is 1. The summed E-state index contributed by atoms with van der Waals surface area (Å²) in [6.07, 6.45) is 0. The molecule has 0 radical (unpaired) electrons. The van der Waals surface area contributed by atoms with Crippen LogP contribution in [0.4, 0.5) is 0 Å². The third kappa shape index (κ3) is 5.09. The molecular weight excluding hydrogens is 398 g/mol. The predicted octanol–water partition coefficient (Wildman–Crippen LogP) is 1.16. The van der Waals surface area contributed by atoms with Crippen molar-refractivity contribution in [2.45, 2.75) is 32.2 Å². The van der Waals surface area contributed by atoms with Crippen molar-refractivity contribution in [1.82, 2.24) is 9.21 Å². The minimum Gasteiger partial charge on any atom is -0.335 e. The summed E-state index contributed by atoms with van der Waals surface area (Å²) in [6.45, 7) is 8.51. The number of piperazine rings is 1. The maximum Gasteiger partial charge on any atom is 0.277 e. The van der Waals surface area contributed by atoms with Crippen LogP contribution in [0.15, 0.2) is 47.4 Å². The number of amides is 1. The Labute approximate surface area is 180 Å². The molecule has 0 aromatic heterocycles. The van der Waals surface area contributed by atoms with Gasteiger partial charge in [-0.25, -0.2) is 8.42 Å². The van der Waals surface area contributed by atoms with Crippen LogP contribution in [0.25, 0.3) is 0 Å². The lowest BCUT2D eigenvalue weighted by molar-refractivity contribution is -0.885. The molecule has 30 heavy (non-hydrogen) atoms. The van der Waals surface area contributed by atoms with Crippen molar-refractivity contribution in [3.63, 3.8) is 0 Å². The molecule has 6 nitrogen and oxygen atoms in total. The number of quaternary nitrogens is 1. The fourth-order valence-corrected chi connectivity index (χ4v) is 5.60. The molecule has 1 heterocycles. The monoisotopic (exact) mass is 430 g/mol. The Hall–Kier alpha value is -2.22. The summed E-state index contributed by atoms with van der Waals surface area (Å²) >= 11 is 0. The van der Waals surface area contributed by atoms with Gasteiger partial charge in [0.2, 0.25) is 10.0 Å². The molecule has 1 aliphatic heterocycles. The van der Waals surface area contributed by atoms with Gasteiger partial charge in [0.15, 0.2) is 6.54 Å². The molecule has 1 unspecified atom stereocenters. The van der Waals surface area contributed by atoms with Crippen molar-refractivity contribution in [1.29, 1.82) is 0 Å². The first-order valence-corrected chi connectivity index (χ1v) is 11.8. The van der Waals surface area contributed by atoms with E-state index in [1.165, 1.54) is 15.4 Å². The molecule has 0 spiro atoms. The Bertz CT molecular complexity index is 1010. The Kier molecular flexibility index (Phi) is 6.95. The largest absolute Gasteiger partial charge is 0.335 e. The van der Waals surface area contributed by atoms with Gasteiger partial charge in [-0.05, 0) is 43.5 Å². The zero-order chi connectivity index (χ0) is 21.9. The minimum absolute atomic E-state index is 0.0740. The van der Waals surface area contributed by atoms with Gasteiger partial charge in [0.05, 0.1) is 11.9 Å². The lowest BCUT2D eigenvalue weighted by atomic mass is 10.1. The Morgan fingerprint density at radius 1 is 0.967 bits per heavy atom. The fraction of sp³-hybridized carbons (Fsp3) is 0.435. The van der Waals surface area contributed by atoms with Crippen molar-refractivity contribution < 1.29 is 18.1 Å². The molecule has 0 saturated carbocycles. The smallest absolute Gasteiger partial charge is 0.277 e. The molecule has 3 rings (SSSR count). The quantitative estimate of drug-likeness (QED) is 0.748. The van der Waals surface area contributed by atoms with Crippen LogP contribution in [0.3, 0.4) is 0 Å². The summed E-state index contributed by atoms with van der Waals surface area (Å²) in [5.41, 5.74) is 4.15. The lowest BCUT2D eigenvalue weighted by Gasteiger charge is -2.34. The molecule has 1 atom stereocenters. The highest BCUT2D eigenvalue weighted by Gasteiger charge is 2.31. The number of likely N-dealkylation sites (N-methyl/N-ethyl adjacent to an activating group) is 1. The van der Waals surface area contributed by atoms with Gasteiger partial charge in [-0.15, -0.1) is 0 Å². The average molecular weight is 431 g/mol. The van der Waals surface area contributed by atoms with Gasteiger partial charge in [0, 0.05) is 31.7 Å². The summed E-state index contributed by atoms with van der Waals surface area (Å²) < 4.78 is 27.6. The van der Waals surface area contributed by atoms with Crippen molar-refractivity contribution >= 4 is 15.9 Å². The second-order valence-electron chi connectivity index (χ2n) is 8.29. The van der Waals surface area contributed by atoms with E-state index in [4.69, 9.17) is 0 Å². The van der Waals surface area contributed by atoms with Crippen molar-refractivity contribution in [2.24, 2.45) is 0 Å². The fourth-order valence-electron chi connectivity index (χ4n) is 3.87. The summed E-state index contributed by atoms with van der Waals surface area (Å²) in [7, 11) is -1.52. The highest BCUT2D eigenvalue weighted by molar-refractivity contribution is 7.89. The number of sulfonamides is 1. The van der Waals surface area contributed by atoms with Crippen LogP contribution >= 0.6 is 0 Å². The van der Waals surface area contributed by atoms with Crippen LogP contribution in [-0.2, 0) is 21.4 Å². The molecule has 1 N–H and O–H groups in total. The number of aryl methyl sites for hydroxylation is 3. The number of carbonyl (C=O) groups excluding carboxylic acids is 1. The predicted molar refractivity (Wildman–Crippen MR) is 118 cm³/mol. The van der Waals surface area contributed by atoms with Gasteiger partial charge in [0.1, 0.15) is 6.54 Å². The molecule has 1 saturated heterocycles. The number of nitrogens with one attached hydrogen (secondary N) is 1. The number of hydrogen-bond acceptors (Lipinski definition) is 3. The van der Waals surface area contributed by atoms with E-state index in [0.29, 0.717) is 37.6 Å². The number of rotatable bonds is 6. The number of benzene rings is 2. The summed E-state index contributed by atoms with van der Waals surface area (Å²) in [6, 6.07) is 13.7. The topological polar surface area (TPSA) is 62.1 Å². The molecule has 0 aliphatic carbocycles. The summed E-state index contributed by atoms with van der Waals surface area (Å²) in [5, 5.41) is 0. The molecule has 1 amide bonds. The molecule has 2 aromatic carbocycles. The minimum atomic E-state index is -3.54. The maximum atomic E-state index is 13.1. The van der Waals surface area contributed by atoms with Crippen LogP contribution < -0.4 is 4.90 Å². The zero-order valence-corrected chi connectivity index (χ0v) is 19.1. The third-order valence-electron chi connectivity index (χ3n) is 5.76. The molecular formula is C23H32N3O3S+. The molecule has 0 bridgehead atoms. The van der Waals surface area contributed by atoms with E-state index in [1.807, 2.05) is 45.2 Å². The number of hydrogen-bond donors (Lipinski definition) is 1. The first kappa shape index (κ1) is 22.5. The van der Waals surface area contributed by atoms with Gasteiger partial charge >= 0.3 is 0 Å². The molecule has 7 heteroatoms. The van der Waals surface area contributed by atoms with Gasteiger partial charge in [-0.2, -0.15) is 4.31 Å². The summed E-state index contributed by atoms with van der Waals surface area (Å²) in [5.74, 6) is 0.0740. The average Bonchev–Trinajstić information content (AvgIpc) is 2.71. The van der Waals surface area contributed by atoms with Crippen LogP contribution in [-0.4, -0.2) is 63.3 Å². The van der Waals surface area contributed by atoms with E-state index in [1.54, 1.807) is 11.0 Å². The third-order valence-corrected chi connectivity index (χ3v) is 7.80. The van der Waals surface area contributed by atoms with E-state index < -0.39 is 10.0 Å². The SMILES string of the molecule is Cc1ccc(C)c(S(=O)(=O)N2CCN(C(=O)C[NH+](C)Cc3ccccc3C)CC2)c1. The van der Waals surface area contributed by atoms with Gasteiger partial charge in [0.25, 0.3) is 5.91 Å². The van der Waals surface area contributed by atoms with Crippen molar-refractivity contribution in [3.05, 3.63) is 64.7 Å². The van der Waals surface area contributed by atoms with Gasteiger partial charge < -0.3 is 9.80 Å². The highest BCUT2D eigenvalue weighted by atomic mass is 32.2. The van der Waals surface area contributed by atoms with E-state index in [2.05, 4.69) is 19.1 Å². The molecule has 2 aromatic rings. The van der Waals surface area contributed by atoms with Gasteiger partial charge in [-0.1, -0.05) is 36.4 Å². The van der Waals surface area contributed by atoms with E-state index in [-0.39, 0.29) is 5.91 Å². The molecule has 162 valence electrons. The zero-order valence-electron chi connectivity index (χ0n) is 18.3. The second-order valence-corrected chi connectivity index (χ2v) is 10.2. The Balaban J connectivity index is 1.57. The van der Waals surface area contributed by atoms with Crippen LogP contribution in [0.1, 0.15) is 22.3 Å². The summed E-state index contributed by atoms with van der Waals surface area (Å²) in [4.78, 5) is 16.0. The highest BCUT2D eigenvalue weighted by Crippen LogP contribution is 2.22. The first-order chi connectivity index (χ1) is 14.2.